The number of nitrogens with zero attached hydrogens (tertiary/aromatic N) is 1. The average Bonchev–Trinajstić information content (AvgIpc) is 2.44. The molecule has 128 valence electrons. The molecule has 0 aliphatic rings. The second-order valence-corrected chi connectivity index (χ2v) is 6.77. The Balaban J connectivity index is 3.30. The van der Waals surface area contributed by atoms with Crippen LogP contribution in [0, 0.1) is 6.92 Å². The minimum absolute atomic E-state index is 0.0982. The van der Waals surface area contributed by atoms with Gasteiger partial charge >= 0.3 is 6.03 Å². The number of nitrogens with two attached hydrogens (primary N) is 1. The third kappa shape index (κ3) is 4.93. The van der Waals surface area contributed by atoms with Crippen molar-refractivity contribution in [1.82, 2.24) is 4.31 Å². The maximum absolute atomic E-state index is 12.8. The number of anilines is 1. The maximum Gasteiger partial charge on any atom is 0.328 e. The van der Waals surface area contributed by atoms with Gasteiger partial charge in [0.05, 0.1) is 5.69 Å². The van der Waals surface area contributed by atoms with Crippen LogP contribution < -0.4 is 11.1 Å². The van der Waals surface area contributed by atoms with E-state index in [1.165, 1.54) is 26.2 Å². The highest BCUT2D eigenvalue weighted by Gasteiger charge is 2.30. The summed E-state index contributed by atoms with van der Waals surface area (Å²) in [6.07, 6.45) is 0.306. The summed E-state index contributed by atoms with van der Waals surface area (Å²) in [5, 5.41) is 2.45. The van der Waals surface area contributed by atoms with Gasteiger partial charge in [-0.3, -0.25) is 4.79 Å². The lowest BCUT2D eigenvalue weighted by Crippen LogP contribution is -2.41. The van der Waals surface area contributed by atoms with Gasteiger partial charge in [-0.25, -0.2) is 17.5 Å². The van der Waals surface area contributed by atoms with Crippen molar-refractivity contribution in [2.75, 3.05) is 25.6 Å². The highest BCUT2D eigenvalue weighted by molar-refractivity contribution is 7.89. The van der Waals surface area contributed by atoms with Crippen molar-refractivity contribution in [2.45, 2.75) is 25.2 Å². The van der Waals surface area contributed by atoms with Crippen molar-refractivity contribution in [3.05, 3.63) is 23.8 Å². The number of ether oxygens (including phenoxy) is 1. The van der Waals surface area contributed by atoms with Crippen molar-refractivity contribution < 1.29 is 22.7 Å². The Kier molecular flexibility index (Phi) is 6.52. The summed E-state index contributed by atoms with van der Waals surface area (Å²) in [7, 11) is -2.72. The second kappa shape index (κ2) is 7.93. The number of rotatable bonds is 7. The standard InChI is InChI=1S/C14H21N3O5S/c1-10-5-6-12(16-11(2)18)13(9-10)23(20,21)17(14(15)19)7-4-8-22-3/h5-6,9H,4,7-8H2,1-3H3,(H2,15,19)(H,16,18). The molecule has 0 fully saturated rings. The number of sulfonamides is 1. The lowest BCUT2D eigenvalue weighted by molar-refractivity contribution is -0.114. The van der Waals surface area contributed by atoms with Gasteiger partial charge in [0.1, 0.15) is 4.90 Å². The maximum atomic E-state index is 12.8. The van der Waals surface area contributed by atoms with E-state index in [0.29, 0.717) is 16.3 Å². The van der Waals surface area contributed by atoms with Gasteiger partial charge in [-0.1, -0.05) is 6.07 Å². The Morgan fingerprint density at radius 2 is 2.00 bits per heavy atom. The molecule has 0 radical (unpaired) electrons. The number of methoxy groups -OCH3 is 1. The molecule has 0 saturated carbocycles. The van der Waals surface area contributed by atoms with E-state index in [9.17, 15) is 18.0 Å². The number of primary amides is 1. The summed E-state index contributed by atoms with van der Waals surface area (Å²) in [4.78, 5) is 22.7. The zero-order valence-corrected chi connectivity index (χ0v) is 14.1. The second-order valence-electron chi connectivity index (χ2n) is 4.94. The van der Waals surface area contributed by atoms with E-state index in [0.717, 1.165) is 0 Å². The van der Waals surface area contributed by atoms with Crippen molar-refractivity contribution in [1.29, 1.82) is 0 Å². The fraction of sp³-hybridized carbons (Fsp3) is 0.429. The highest BCUT2D eigenvalue weighted by atomic mass is 32.2. The molecule has 9 heteroatoms. The van der Waals surface area contributed by atoms with E-state index in [1.807, 2.05) is 0 Å². The van der Waals surface area contributed by atoms with Gasteiger partial charge in [0.2, 0.25) is 5.91 Å². The topological polar surface area (TPSA) is 119 Å². The molecule has 0 bridgehead atoms. The van der Waals surface area contributed by atoms with Crippen LogP contribution in [0.2, 0.25) is 0 Å². The SMILES string of the molecule is COCCCN(C(N)=O)S(=O)(=O)c1cc(C)ccc1NC(C)=O. The van der Waals surface area contributed by atoms with Gasteiger partial charge in [-0.15, -0.1) is 0 Å². The first-order valence-corrected chi connectivity index (χ1v) is 8.33. The van der Waals surface area contributed by atoms with Crippen LogP contribution in [-0.2, 0) is 19.6 Å². The summed E-state index contributed by atoms with van der Waals surface area (Å²) < 4.78 is 30.9. The summed E-state index contributed by atoms with van der Waals surface area (Å²) in [5.41, 5.74) is 5.98. The van der Waals surface area contributed by atoms with Gasteiger partial charge in [-0.05, 0) is 31.0 Å². The summed E-state index contributed by atoms with van der Waals surface area (Å²) in [5.74, 6) is -0.421. The fourth-order valence-corrected chi connectivity index (χ4v) is 3.53. The molecule has 0 aliphatic carbocycles. The van der Waals surface area contributed by atoms with E-state index in [1.54, 1.807) is 13.0 Å². The lowest BCUT2D eigenvalue weighted by atomic mass is 10.2. The summed E-state index contributed by atoms with van der Waals surface area (Å²) >= 11 is 0. The third-order valence-electron chi connectivity index (χ3n) is 2.97. The van der Waals surface area contributed by atoms with Crippen LogP contribution in [0.4, 0.5) is 10.5 Å². The smallest absolute Gasteiger partial charge is 0.328 e. The van der Waals surface area contributed by atoms with Crippen molar-refractivity contribution >= 4 is 27.6 Å². The first-order chi connectivity index (χ1) is 10.7. The fourth-order valence-electron chi connectivity index (χ4n) is 1.96. The normalized spacial score (nSPS) is 11.1. The Morgan fingerprint density at radius 1 is 1.35 bits per heavy atom. The Labute approximate surface area is 135 Å². The Morgan fingerprint density at radius 3 is 2.52 bits per heavy atom. The molecule has 23 heavy (non-hydrogen) atoms. The van der Waals surface area contributed by atoms with Gasteiger partial charge in [0.15, 0.2) is 0 Å². The number of hydrogen-bond donors (Lipinski definition) is 2. The molecular formula is C14H21N3O5S. The van der Waals surface area contributed by atoms with Gasteiger partial charge in [0.25, 0.3) is 10.0 Å². The van der Waals surface area contributed by atoms with E-state index in [2.05, 4.69) is 5.32 Å². The van der Waals surface area contributed by atoms with Crippen LogP contribution in [-0.4, -0.2) is 44.9 Å². The minimum atomic E-state index is -4.19. The molecule has 1 aromatic carbocycles. The van der Waals surface area contributed by atoms with Crippen molar-refractivity contribution in [3.63, 3.8) is 0 Å². The first kappa shape index (κ1) is 18.9. The Bertz CT molecular complexity index is 688. The van der Waals surface area contributed by atoms with Crippen LogP contribution in [0.3, 0.4) is 0 Å². The number of benzene rings is 1. The van der Waals surface area contributed by atoms with E-state index < -0.39 is 22.0 Å². The number of amides is 3. The number of carbonyl (C=O) groups is 2. The number of carbonyl (C=O) groups excluding carboxylic acids is 2. The van der Waals surface area contributed by atoms with Crippen LogP contribution in [0.1, 0.15) is 18.9 Å². The van der Waals surface area contributed by atoms with Crippen LogP contribution in [0.5, 0.6) is 0 Å². The number of hydrogen-bond acceptors (Lipinski definition) is 5. The van der Waals surface area contributed by atoms with Gasteiger partial charge < -0.3 is 15.8 Å². The lowest BCUT2D eigenvalue weighted by Gasteiger charge is -2.22. The Hall–Kier alpha value is -2.13. The molecule has 3 N–H and O–H groups in total. The summed E-state index contributed by atoms with van der Waals surface area (Å²) in [6, 6.07) is 3.42. The molecule has 0 spiro atoms. The third-order valence-corrected chi connectivity index (χ3v) is 4.81. The van der Waals surface area contributed by atoms with Crippen molar-refractivity contribution in [3.8, 4) is 0 Å². The molecule has 0 aliphatic heterocycles. The molecule has 1 rings (SSSR count). The average molecular weight is 343 g/mol. The van der Waals surface area contributed by atoms with Crippen LogP contribution in [0.15, 0.2) is 23.1 Å². The van der Waals surface area contributed by atoms with E-state index in [4.69, 9.17) is 10.5 Å². The minimum Gasteiger partial charge on any atom is -0.385 e. The van der Waals surface area contributed by atoms with Crippen molar-refractivity contribution in [2.24, 2.45) is 5.73 Å². The molecule has 3 amide bonds. The van der Waals surface area contributed by atoms with Gasteiger partial charge in [-0.2, -0.15) is 0 Å². The first-order valence-electron chi connectivity index (χ1n) is 6.89. The van der Waals surface area contributed by atoms with Crippen LogP contribution in [0.25, 0.3) is 0 Å². The predicted octanol–water partition coefficient (Wildman–Crippen LogP) is 1.06. The molecule has 0 atom stereocenters. The van der Waals surface area contributed by atoms with Crippen LogP contribution >= 0.6 is 0 Å². The molecule has 1 aromatic rings. The molecule has 0 aromatic heterocycles. The van der Waals surface area contributed by atoms with E-state index in [-0.39, 0.29) is 23.7 Å². The summed E-state index contributed by atoms with van der Waals surface area (Å²) in [6.45, 7) is 3.14. The molecule has 8 nitrogen and oxygen atoms in total. The predicted molar refractivity (Wildman–Crippen MR) is 85.5 cm³/mol. The number of urea groups is 1. The number of aryl methyl sites for hydroxylation is 1. The monoisotopic (exact) mass is 343 g/mol. The molecule has 0 unspecified atom stereocenters. The quantitative estimate of drug-likeness (QED) is 0.718. The van der Waals surface area contributed by atoms with E-state index >= 15 is 0 Å². The highest BCUT2D eigenvalue weighted by Crippen LogP contribution is 2.26. The molecule has 0 saturated heterocycles. The molecule has 0 heterocycles. The zero-order valence-electron chi connectivity index (χ0n) is 13.3. The molecular weight excluding hydrogens is 322 g/mol. The zero-order chi connectivity index (χ0) is 17.6. The van der Waals surface area contributed by atoms with Gasteiger partial charge in [0, 0.05) is 27.2 Å². The largest absolute Gasteiger partial charge is 0.385 e. The number of nitrogens with one attached hydrogen (secondary N) is 1.